The molecule has 0 rings (SSSR count). The zero-order valence-corrected chi connectivity index (χ0v) is 59.3. The van der Waals surface area contributed by atoms with E-state index in [9.17, 15) is 33.2 Å². The van der Waals surface area contributed by atoms with Gasteiger partial charge < -0.3 is 33.6 Å². The molecule has 1 unspecified atom stereocenters. The van der Waals surface area contributed by atoms with Crippen molar-refractivity contribution in [2.45, 2.75) is 342 Å². The van der Waals surface area contributed by atoms with E-state index in [4.69, 9.17) is 33.3 Å². The fourth-order valence-corrected chi connectivity index (χ4v) is 10.5. The molecule has 16 nitrogen and oxygen atoms in total. The van der Waals surface area contributed by atoms with Gasteiger partial charge in [0, 0.05) is 32.8 Å². The number of allylic oxidation sites excluding steroid dienone is 10. The van der Waals surface area contributed by atoms with Crippen LogP contribution in [0.2, 0.25) is 0 Å². The summed E-state index contributed by atoms with van der Waals surface area (Å²) in [7, 11) is -7.95. The van der Waals surface area contributed by atoms with Gasteiger partial charge in [0.15, 0.2) is 12.2 Å². The Bertz CT molecular complexity index is 1900. The average Bonchev–Trinajstić information content (AvgIpc) is 3.30. The van der Waals surface area contributed by atoms with Gasteiger partial charge in [0.05, 0.1) is 13.2 Å². The Morgan fingerprint density at radius 2 is 0.611 bits per heavy atom. The fraction of sp³-hybridized carbons (Fsp3) is 0.806. The molecule has 0 aromatic rings. The van der Waals surface area contributed by atoms with Crippen LogP contribution in [0.15, 0.2) is 60.8 Å². The van der Waals surface area contributed by atoms with Crippen molar-refractivity contribution in [3.63, 3.8) is 0 Å². The molecule has 0 amide bonds. The highest BCUT2D eigenvalue weighted by Crippen LogP contribution is 2.42. The molecule has 18 heteroatoms. The summed E-state index contributed by atoms with van der Waals surface area (Å²) in [6.45, 7) is 7.23. The van der Waals surface area contributed by atoms with Gasteiger partial charge in [-0.25, -0.2) is 9.13 Å². The number of phosphoric acid groups is 2. The third-order valence-corrected chi connectivity index (χ3v) is 16.6. The van der Waals surface area contributed by atoms with Crippen molar-refractivity contribution >= 4 is 39.5 Å². The number of ether oxygens (including phenoxy) is 4. The van der Waals surface area contributed by atoms with Gasteiger partial charge >= 0.3 is 39.5 Å². The minimum Gasteiger partial charge on any atom is -0.462 e. The summed E-state index contributed by atoms with van der Waals surface area (Å²) in [5, 5.41) is 0. The summed E-state index contributed by atoms with van der Waals surface area (Å²) in [5.74, 6) is -1.73. The van der Waals surface area contributed by atoms with Crippen LogP contribution in [-0.4, -0.2) is 84.3 Å². The van der Waals surface area contributed by atoms with Crippen LogP contribution < -0.4 is 0 Å². The van der Waals surface area contributed by atoms with E-state index in [-0.39, 0.29) is 44.9 Å². The van der Waals surface area contributed by atoms with Crippen LogP contribution >= 0.6 is 15.6 Å². The van der Waals surface area contributed by atoms with Crippen molar-refractivity contribution < 1.29 is 75.5 Å². The van der Waals surface area contributed by atoms with Gasteiger partial charge in [-0.3, -0.25) is 32.7 Å². The summed E-state index contributed by atoms with van der Waals surface area (Å²) in [6.07, 6.45) is 69.7. The van der Waals surface area contributed by atoms with Crippen molar-refractivity contribution in [1.82, 2.24) is 0 Å². The number of unbranched alkanes of at least 4 members (excludes halogenated alkanes) is 35. The van der Waals surface area contributed by atoms with Gasteiger partial charge in [0.25, 0.3) is 0 Å². The van der Waals surface area contributed by atoms with Gasteiger partial charge in [-0.2, -0.15) is 0 Å². The molecule has 90 heavy (non-hydrogen) atoms. The molecule has 0 aromatic heterocycles. The Morgan fingerprint density at radius 3 is 0.911 bits per heavy atom. The molecule has 0 saturated heterocycles. The van der Waals surface area contributed by atoms with E-state index < -0.39 is 59.0 Å². The highest BCUT2D eigenvalue weighted by molar-refractivity contribution is 7.47. The molecular weight excluding hydrogens is 1180 g/mol. The number of hydrogen-bond acceptors (Lipinski definition) is 13. The van der Waals surface area contributed by atoms with E-state index in [0.29, 0.717) is 19.3 Å². The summed E-state index contributed by atoms with van der Waals surface area (Å²) in [6, 6.07) is 0. The molecule has 0 fully saturated rings. The molecule has 0 aromatic carbocycles. The van der Waals surface area contributed by atoms with E-state index in [1.165, 1.54) is 148 Å². The van der Waals surface area contributed by atoms with Crippen molar-refractivity contribution in [2.24, 2.45) is 0 Å². The SMILES string of the molecule is C/C=C/CCCCCCCC(=O)O[C@H](COC(=O)CCCCCCCCCC/C=C/CCCCC)COP(=O)(O)OC.CCCCC/C=C/C/C=C/CCCCCCCC(=O)OC[C@H](COP(=O)(O)O)OC(=O)CCCCCCCCCC/C=C/CCCCC. The molecule has 0 saturated carbocycles. The van der Waals surface area contributed by atoms with Crippen LogP contribution in [-0.2, 0) is 60.8 Å². The first-order valence-electron chi connectivity index (χ1n) is 35.8. The summed E-state index contributed by atoms with van der Waals surface area (Å²) < 4.78 is 57.9. The molecule has 0 aliphatic carbocycles. The minimum atomic E-state index is -4.75. The van der Waals surface area contributed by atoms with E-state index in [1.54, 1.807) is 0 Å². The van der Waals surface area contributed by atoms with Gasteiger partial charge in [0.1, 0.15) is 13.2 Å². The number of carbonyl (C=O) groups is 4. The normalized spacial score (nSPS) is 13.3. The molecule has 0 aliphatic heterocycles. The number of phosphoric ester groups is 2. The minimum absolute atomic E-state index is 0.205. The second-order valence-electron chi connectivity index (χ2n) is 23.8. The molecule has 526 valence electrons. The van der Waals surface area contributed by atoms with Crippen LogP contribution in [0.5, 0.6) is 0 Å². The Morgan fingerprint density at radius 1 is 0.344 bits per heavy atom. The lowest BCUT2D eigenvalue weighted by atomic mass is 10.1. The lowest BCUT2D eigenvalue weighted by Crippen LogP contribution is -2.29. The molecule has 0 bridgehead atoms. The second kappa shape index (κ2) is 68.7. The van der Waals surface area contributed by atoms with Crippen LogP contribution in [0.1, 0.15) is 329 Å². The van der Waals surface area contributed by atoms with Crippen LogP contribution in [0.3, 0.4) is 0 Å². The van der Waals surface area contributed by atoms with Crippen LogP contribution in [0.25, 0.3) is 0 Å². The summed E-state index contributed by atoms with van der Waals surface area (Å²) in [5.41, 5.74) is 0. The van der Waals surface area contributed by atoms with Crippen molar-refractivity contribution in [3.8, 4) is 0 Å². The van der Waals surface area contributed by atoms with Crippen LogP contribution in [0.4, 0.5) is 0 Å². The topological polar surface area (TPSA) is 228 Å². The first-order valence-corrected chi connectivity index (χ1v) is 38.8. The predicted molar refractivity (Wildman–Crippen MR) is 368 cm³/mol. The van der Waals surface area contributed by atoms with Crippen LogP contribution in [0, 0.1) is 0 Å². The Hall–Kier alpha value is -3.20. The second-order valence-corrected chi connectivity index (χ2v) is 26.6. The van der Waals surface area contributed by atoms with E-state index in [1.807, 2.05) is 6.92 Å². The molecule has 0 spiro atoms. The van der Waals surface area contributed by atoms with E-state index in [0.717, 1.165) is 116 Å². The maximum Gasteiger partial charge on any atom is 0.472 e. The van der Waals surface area contributed by atoms with Gasteiger partial charge in [-0.1, -0.05) is 236 Å². The van der Waals surface area contributed by atoms with Crippen molar-refractivity contribution in [3.05, 3.63) is 60.8 Å². The molecule has 0 heterocycles. The highest BCUT2D eigenvalue weighted by atomic mass is 31.2. The fourth-order valence-electron chi connectivity index (χ4n) is 9.64. The first kappa shape index (κ1) is 88.9. The van der Waals surface area contributed by atoms with E-state index in [2.05, 4.69) is 90.6 Å². The Balaban J connectivity index is 0. The summed E-state index contributed by atoms with van der Waals surface area (Å²) in [4.78, 5) is 76.8. The Kier molecular flexibility index (Phi) is 67.8. The highest BCUT2D eigenvalue weighted by Gasteiger charge is 2.26. The van der Waals surface area contributed by atoms with Gasteiger partial charge in [-0.15, -0.1) is 0 Å². The zero-order valence-electron chi connectivity index (χ0n) is 57.5. The number of hydrogen-bond donors (Lipinski definition) is 3. The number of carbonyl (C=O) groups excluding carboxylic acids is 4. The Labute approximate surface area is 548 Å². The summed E-state index contributed by atoms with van der Waals surface area (Å²) >= 11 is 0. The molecular formula is C72H132O16P2. The standard InChI is InChI=1S/C39H71O8P.C33H61O8P/c1-3-5-7-9-11-13-15-17-19-21-23-25-27-29-31-33-38(40)45-35-37(36-46-48(42,43)44)47-39(41)34-32-30-28-26-24-22-20-18-16-14-12-10-8-6-4-2;1-4-6-8-10-12-14-15-16-17-18-19-20-22-23-25-27-32(34)39-29-31(30-40-42(36,37)38-3)41-33(35)28-26-24-21-13-11-9-7-5-2/h11-14,17,19,37H,3-10,15-16,18,20-36H2,1-2H3,(H2,42,43,44);5,7,12,14,31H,4,6,8-11,13,15-30H2,1-3H3,(H,36,37)/b13-11+,14-12+,19-17+;7-5+,14-12+/t37-;31-/m11/s1. The predicted octanol–water partition coefficient (Wildman–Crippen LogP) is 21.0. The van der Waals surface area contributed by atoms with Gasteiger partial charge in [-0.05, 0) is 129 Å². The zero-order chi connectivity index (χ0) is 66.5. The molecule has 0 aliphatic rings. The number of rotatable bonds is 65. The van der Waals surface area contributed by atoms with Crippen molar-refractivity contribution in [2.75, 3.05) is 33.5 Å². The third-order valence-electron chi connectivity index (χ3n) is 15.1. The maximum atomic E-state index is 12.4. The van der Waals surface area contributed by atoms with Crippen molar-refractivity contribution in [1.29, 1.82) is 0 Å². The molecule has 0 radical (unpaired) electrons. The lowest BCUT2D eigenvalue weighted by molar-refractivity contribution is -0.161. The smallest absolute Gasteiger partial charge is 0.462 e. The van der Waals surface area contributed by atoms with Gasteiger partial charge in [0.2, 0.25) is 0 Å². The largest absolute Gasteiger partial charge is 0.472 e. The molecule has 3 atom stereocenters. The third kappa shape index (κ3) is 72.2. The number of esters is 4. The molecule has 3 N–H and O–H groups in total. The lowest BCUT2D eigenvalue weighted by Gasteiger charge is -2.19. The van der Waals surface area contributed by atoms with E-state index >= 15 is 0 Å². The monoisotopic (exact) mass is 1310 g/mol. The maximum absolute atomic E-state index is 12.4. The average molecular weight is 1320 g/mol. The first-order chi connectivity index (χ1) is 43.6. The quantitative estimate of drug-likeness (QED) is 0.0169.